The molecule has 2 unspecified atom stereocenters. The van der Waals surface area contributed by atoms with Gasteiger partial charge in [0.15, 0.2) is 0 Å². The molecule has 1 amide bonds. The van der Waals surface area contributed by atoms with E-state index in [2.05, 4.69) is 10.6 Å². The van der Waals surface area contributed by atoms with Crippen molar-refractivity contribution in [2.24, 2.45) is 0 Å². The van der Waals surface area contributed by atoms with Crippen LogP contribution in [0.1, 0.15) is 24.8 Å². The van der Waals surface area contributed by atoms with E-state index in [1.165, 1.54) is 4.90 Å². The molecule has 0 spiro atoms. The third kappa shape index (κ3) is 5.71. The molecule has 1 saturated heterocycles. The Morgan fingerprint density at radius 3 is 2.62 bits per heavy atom. The van der Waals surface area contributed by atoms with E-state index in [4.69, 9.17) is 0 Å². The van der Waals surface area contributed by atoms with Gasteiger partial charge in [-0.3, -0.25) is 24.6 Å². The highest BCUT2D eigenvalue weighted by atomic mass is 32.2. The van der Waals surface area contributed by atoms with Crippen molar-refractivity contribution in [1.82, 2.24) is 10.6 Å². The summed E-state index contributed by atoms with van der Waals surface area (Å²) in [6.45, 7) is 1.42. The van der Waals surface area contributed by atoms with Gasteiger partial charge in [-0.1, -0.05) is 18.2 Å². The minimum absolute atomic E-state index is 0.371. The van der Waals surface area contributed by atoms with Crippen molar-refractivity contribution in [3.63, 3.8) is 0 Å². The second-order valence-electron chi connectivity index (χ2n) is 7.38. The van der Waals surface area contributed by atoms with Crippen LogP contribution in [0.4, 0.5) is 5.69 Å². The van der Waals surface area contributed by atoms with Crippen LogP contribution >= 0.6 is 11.8 Å². The zero-order chi connectivity index (χ0) is 20.8. The molecular formula is C20H27N3O5S. The van der Waals surface area contributed by atoms with E-state index in [0.29, 0.717) is 29.5 Å². The maximum atomic E-state index is 13.1. The molecule has 2 atom stereocenters. The zero-order valence-electron chi connectivity index (χ0n) is 16.2. The van der Waals surface area contributed by atoms with Crippen molar-refractivity contribution < 1.29 is 24.6 Å². The van der Waals surface area contributed by atoms with Crippen molar-refractivity contribution >= 4 is 35.3 Å². The predicted molar refractivity (Wildman–Crippen MR) is 111 cm³/mol. The number of fused-ring (bicyclic) bond motifs is 1. The summed E-state index contributed by atoms with van der Waals surface area (Å²) in [7, 11) is 0. The number of nitrogens with one attached hydrogen (secondary N) is 2. The minimum Gasteiger partial charge on any atom is -0.480 e. The first-order chi connectivity index (χ1) is 14.0. The van der Waals surface area contributed by atoms with E-state index < -0.39 is 36.5 Å². The number of rotatable bonds is 8. The third-order valence-electron chi connectivity index (χ3n) is 5.33. The Kier molecular flexibility index (Phi) is 7.51. The highest BCUT2D eigenvalue weighted by Gasteiger charge is 2.34. The van der Waals surface area contributed by atoms with Crippen LogP contribution in [-0.2, 0) is 20.8 Å². The van der Waals surface area contributed by atoms with E-state index in [1.807, 2.05) is 12.1 Å². The van der Waals surface area contributed by atoms with Crippen molar-refractivity contribution in [2.75, 3.05) is 30.3 Å². The van der Waals surface area contributed by atoms with Gasteiger partial charge in [-0.05, 0) is 50.4 Å². The lowest BCUT2D eigenvalue weighted by Gasteiger charge is -2.28. The number of piperidine rings is 1. The summed E-state index contributed by atoms with van der Waals surface area (Å²) in [6.07, 6.45) is 3.00. The summed E-state index contributed by atoms with van der Waals surface area (Å²) in [5.74, 6) is -2.12. The Labute approximate surface area is 174 Å². The molecule has 0 radical (unpaired) electrons. The average Bonchev–Trinajstić information content (AvgIpc) is 2.83. The number of carbonyl (C=O) groups is 3. The first-order valence-corrected chi connectivity index (χ1v) is 10.9. The molecule has 29 heavy (non-hydrogen) atoms. The molecule has 4 N–H and O–H groups in total. The van der Waals surface area contributed by atoms with Crippen molar-refractivity contribution in [2.45, 2.75) is 43.0 Å². The number of hydrogen-bond acceptors (Lipinski definition) is 6. The third-order valence-corrected chi connectivity index (χ3v) is 6.80. The molecule has 3 rings (SSSR count). The fourth-order valence-corrected chi connectivity index (χ4v) is 5.07. The van der Waals surface area contributed by atoms with E-state index >= 15 is 0 Å². The summed E-state index contributed by atoms with van der Waals surface area (Å²) in [6, 6.07) is 5.63. The van der Waals surface area contributed by atoms with E-state index in [-0.39, 0.29) is 0 Å². The molecule has 2 heterocycles. The van der Waals surface area contributed by atoms with Gasteiger partial charge in [-0.2, -0.15) is 11.8 Å². The zero-order valence-corrected chi connectivity index (χ0v) is 17.0. The molecule has 0 saturated carbocycles. The number of thioether (sulfide) groups is 1. The molecule has 158 valence electrons. The summed E-state index contributed by atoms with van der Waals surface area (Å²) >= 11 is 1.63. The van der Waals surface area contributed by atoms with Crippen molar-refractivity contribution in [1.29, 1.82) is 0 Å². The van der Waals surface area contributed by atoms with Crippen LogP contribution in [-0.4, -0.2) is 70.8 Å². The molecule has 0 aliphatic carbocycles. The van der Waals surface area contributed by atoms with Crippen molar-refractivity contribution in [3.8, 4) is 0 Å². The number of carboxylic acids is 2. The van der Waals surface area contributed by atoms with Gasteiger partial charge >= 0.3 is 11.9 Å². The Bertz CT molecular complexity index is 753. The number of nitrogens with zero attached hydrogens (tertiary/aromatic N) is 1. The van der Waals surface area contributed by atoms with E-state index in [0.717, 1.165) is 31.5 Å². The van der Waals surface area contributed by atoms with Crippen LogP contribution in [0.25, 0.3) is 0 Å². The SMILES string of the molecule is O=C(O)CN1C(=O)C(NC(CSC2CCNCC2)C(=O)O)CCc2ccccc21. The summed E-state index contributed by atoms with van der Waals surface area (Å²) < 4.78 is 0. The molecular weight excluding hydrogens is 394 g/mol. The molecule has 0 aromatic heterocycles. The van der Waals surface area contributed by atoms with Gasteiger partial charge in [0, 0.05) is 16.7 Å². The Morgan fingerprint density at radius 1 is 1.21 bits per heavy atom. The number of carboxylic acid groups (broad SMARTS) is 2. The lowest BCUT2D eigenvalue weighted by Crippen LogP contribution is -2.53. The summed E-state index contributed by atoms with van der Waals surface area (Å²) in [5.41, 5.74) is 1.47. The van der Waals surface area contributed by atoms with Crippen LogP contribution in [0.15, 0.2) is 24.3 Å². The number of aryl methyl sites for hydroxylation is 1. The van der Waals surface area contributed by atoms with Gasteiger partial charge in [0.2, 0.25) is 5.91 Å². The second-order valence-corrected chi connectivity index (χ2v) is 8.71. The number of carbonyl (C=O) groups excluding carboxylic acids is 1. The largest absolute Gasteiger partial charge is 0.480 e. The van der Waals surface area contributed by atoms with Gasteiger partial charge < -0.3 is 15.5 Å². The van der Waals surface area contributed by atoms with Gasteiger partial charge in [-0.15, -0.1) is 0 Å². The predicted octanol–water partition coefficient (Wildman–Crippen LogP) is 0.947. The van der Waals surface area contributed by atoms with Crippen LogP contribution in [0.5, 0.6) is 0 Å². The number of para-hydroxylation sites is 1. The molecule has 0 bridgehead atoms. The molecule has 9 heteroatoms. The number of anilines is 1. The van der Waals surface area contributed by atoms with E-state index in [9.17, 15) is 24.6 Å². The molecule has 2 aliphatic heterocycles. The minimum atomic E-state index is -1.11. The van der Waals surface area contributed by atoms with Gasteiger partial charge in [-0.25, -0.2) is 0 Å². The first-order valence-electron chi connectivity index (χ1n) is 9.88. The maximum Gasteiger partial charge on any atom is 0.323 e. The maximum absolute atomic E-state index is 13.1. The number of benzene rings is 1. The van der Waals surface area contributed by atoms with Crippen LogP contribution < -0.4 is 15.5 Å². The molecule has 8 nitrogen and oxygen atoms in total. The fourth-order valence-electron chi connectivity index (χ4n) is 3.80. The Hall–Kier alpha value is -2.10. The van der Waals surface area contributed by atoms with Gasteiger partial charge in [0.25, 0.3) is 0 Å². The fraction of sp³-hybridized carbons (Fsp3) is 0.550. The standard InChI is InChI=1S/C20H27N3O5S/c24-18(25)11-23-17-4-2-1-3-13(17)5-6-15(19(23)26)22-16(20(27)28)12-29-14-7-9-21-10-8-14/h1-4,14-16,21-22H,5-12H2,(H,24,25)(H,27,28). The summed E-state index contributed by atoms with van der Waals surface area (Å²) in [4.78, 5) is 37.5. The number of aliphatic carboxylic acids is 2. The monoisotopic (exact) mass is 421 g/mol. The molecule has 1 fully saturated rings. The number of amides is 1. The van der Waals surface area contributed by atoms with E-state index in [1.54, 1.807) is 23.9 Å². The molecule has 1 aromatic rings. The quantitative estimate of drug-likeness (QED) is 0.490. The summed E-state index contributed by atoms with van der Waals surface area (Å²) in [5, 5.41) is 25.6. The topological polar surface area (TPSA) is 119 Å². The highest BCUT2D eigenvalue weighted by Crippen LogP contribution is 2.27. The van der Waals surface area contributed by atoms with Gasteiger partial charge in [0.1, 0.15) is 12.6 Å². The Morgan fingerprint density at radius 2 is 1.93 bits per heavy atom. The van der Waals surface area contributed by atoms with Crippen LogP contribution in [0.2, 0.25) is 0 Å². The molecule has 1 aromatic carbocycles. The molecule has 2 aliphatic rings. The van der Waals surface area contributed by atoms with Crippen LogP contribution in [0.3, 0.4) is 0 Å². The second kappa shape index (κ2) is 10.1. The van der Waals surface area contributed by atoms with Crippen molar-refractivity contribution in [3.05, 3.63) is 29.8 Å². The smallest absolute Gasteiger partial charge is 0.323 e. The first kappa shape index (κ1) is 21.6. The highest BCUT2D eigenvalue weighted by molar-refractivity contribution is 8.00. The Balaban J connectivity index is 1.71. The lowest BCUT2D eigenvalue weighted by molar-refractivity contribution is -0.140. The number of hydrogen-bond donors (Lipinski definition) is 4. The lowest BCUT2D eigenvalue weighted by atomic mass is 10.1. The van der Waals surface area contributed by atoms with Gasteiger partial charge in [0.05, 0.1) is 6.04 Å². The normalized spacial score (nSPS) is 21.3. The van der Waals surface area contributed by atoms with Crippen LogP contribution in [0, 0.1) is 0 Å². The average molecular weight is 422 g/mol.